The number of likely N-dealkylation sites (tertiary alicyclic amines) is 1. The smallest absolute Gasteiger partial charge is 0.235 e. The van der Waals surface area contributed by atoms with E-state index in [9.17, 15) is 13.8 Å². The highest BCUT2D eigenvalue weighted by Gasteiger charge is 2.27. The standard InChI is InChI=1S/C16H22N2O3S/c1-11-5-6-12(2)14(8-11)22(21)10-15(19)18-7-3-4-13(9-18)16(17)20/h5-6,8,13H,3-4,7,9-10H2,1-2H3,(H2,17,20). The second kappa shape index (κ2) is 7.05. The highest BCUT2D eigenvalue weighted by molar-refractivity contribution is 7.85. The molecule has 1 aliphatic heterocycles. The van der Waals surface area contributed by atoms with E-state index in [2.05, 4.69) is 0 Å². The number of nitrogens with zero attached hydrogens (tertiary/aromatic N) is 1. The van der Waals surface area contributed by atoms with E-state index in [-0.39, 0.29) is 23.5 Å². The van der Waals surface area contributed by atoms with Crippen molar-refractivity contribution >= 4 is 22.6 Å². The molecule has 0 bridgehead atoms. The van der Waals surface area contributed by atoms with E-state index in [0.717, 1.165) is 24.0 Å². The molecule has 6 heteroatoms. The molecule has 22 heavy (non-hydrogen) atoms. The van der Waals surface area contributed by atoms with Gasteiger partial charge in [-0.1, -0.05) is 12.1 Å². The summed E-state index contributed by atoms with van der Waals surface area (Å²) < 4.78 is 12.5. The SMILES string of the molecule is Cc1ccc(C)c(S(=O)CC(=O)N2CCCC(C(N)=O)C2)c1. The Bertz CT molecular complexity index is 615. The lowest BCUT2D eigenvalue weighted by atomic mass is 9.97. The lowest BCUT2D eigenvalue weighted by Gasteiger charge is -2.31. The van der Waals surface area contributed by atoms with Crippen LogP contribution in [0.15, 0.2) is 23.1 Å². The molecule has 1 fully saturated rings. The Kier molecular flexibility index (Phi) is 5.34. The van der Waals surface area contributed by atoms with Crippen LogP contribution in [0.4, 0.5) is 0 Å². The molecule has 5 nitrogen and oxygen atoms in total. The number of aryl methyl sites for hydroxylation is 2. The molecule has 2 amide bonds. The number of carbonyl (C=O) groups excluding carboxylic acids is 2. The van der Waals surface area contributed by atoms with Crippen LogP contribution < -0.4 is 5.73 Å². The molecule has 1 aliphatic rings. The maximum atomic E-state index is 12.5. The van der Waals surface area contributed by atoms with Crippen molar-refractivity contribution in [1.29, 1.82) is 0 Å². The van der Waals surface area contributed by atoms with Crippen molar-refractivity contribution in [2.24, 2.45) is 11.7 Å². The van der Waals surface area contributed by atoms with Gasteiger partial charge in [-0.15, -0.1) is 0 Å². The highest BCUT2D eigenvalue weighted by Crippen LogP contribution is 2.19. The predicted molar refractivity (Wildman–Crippen MR) is 85.7 cm³/mol. The van der Waals surface area contributed by atoms with E-state index < -0.39 is 10.8 Å². The summed E-state index contributed by atoms with van der Waals surface area (Å²) in [6.07, 6.45) is 1.48. The number of primary amides is 1. The van der Waals surface area contributed by atoms with Crippen LogP contribution in [0.3, 0.4) is 0 Å². The van der Waals surface area contributed by atoms with Crippen LogP contribution >= 0.6 is 0 Å². The average Bonchev–Trinajstić information content (AvgIpc) is 2.49. The summed E-state index contributed by atoms with van der Waals surface area (Å²) in [6.45, 7) is 4.77. The molecule has 2 atom stereocenters. The third-order valence-electron chi connectivity index (χ3n) is 4.02. The zero-order chi connectivity index (χ0) is 16.3. The van der Waals surface area contributed by atoms with E-state index in [4.69, 9.17) is 5.73 Å². The van der Waals surface area contributed by atoms with Crippen molar-refractivity contribution in [2.45, 2.75) is 31.6 Å². The molecule has 1 heterocycles. The fourth-order valence-electron chi connectivity index (χ4n) is 2.67. The molecule has 0 saturated carbocycles. The first-order valence-electron chi connectivity index (χ1n) is 7.41. The number of carbonyl (C=O) groups is 2. The minimum absolute atomic E-state index is 0.0459. The van der Waals surface area contributed by atoms with E-state index in [1.54, 1.807) is 4.90 Å². The first-order valence-corrected chi connectivity index (χ1v) is 8.73. The summed E-state index contributed by atoms with van der Waals surface area (Å²) in [6, 6.07) is 5.73. The second-order valence-corrected chi connectivity index (χ2v) is 7.26. The Morgan fingerprint density at radius 2 is 2.09 bits per heavy atom. The van der Waals surface area contributed by atoms with E-state index >= 15 is 0 Å². The van der Waals surface area contributed by atoms with E-state index in [0.29, 0.717) is 18.0 Å². The van der Waals surface area contributed by atoms with Crippen LogP contribution in [0.5, 0.6) is 0 Å². The van der Waals surface area contributed by atoms with Crippen molar-refractivity contribution < 1.29 is 13.8 Å². The maximum Gasteiger partial charge on any atom is 0.235 e. The van der Waals surface area contributed by atoms with Gasteiger partial charge in [0.15, 0.2) is 0 Å². The van der Waals surface area contributed by atoms with Crippen LogP contribution in [0, 0.1) is 19.8 Å². The normalized spacial score (nSPS) is 19.7. The van der Waals surface area contributed by atoms with Crippen molar-refractivity contribution in [3.05, 3.63) is 29.3 Å². The first-order chi connectivity index (χ1) is 10.4. The van der Waals surface area contributed by atoms with Crippen molar-refractivity contribution in [1.82, 2.24) is 4.90 Å². The molecule has 1 aromatic rings. The number of nitrogens with two attached hydrogens (primary N) is 1. The van der Waals surface area contributed by atoms with Gasteiger partial charge in [-0.25, -0.2) is 0 Å². The summed E-state index contributed by atoms with van der Waals surface area (Å²) in [7, 11) is -1.37. The lowest BCUT2D eigenvalue weighted by molar-refractivity contribution is -0.132. The van der Waals surface area contributed by atoms with Crippen LogP contribution in [-0.4, -0.2) is 39.8 Å². The number of piperidine rings is 1. The van der Waals surface area contributed by atoms with Gasteiger partial charge in [0, 0.05) is 18.0 Å². The molecule has 2 rings (SSSR count). The zero-order valence-corrected chi connectivity index (χ0v) is 13.8. The molecule has 0 aliphatic carbocycles. The van der Waals surface area contributed by atoms with Gasteiger partial charge >= 0.3 is 0 Å². The molecule has 1 saturated heterocycles. The van der Waals surface area contributed by atoms with Crippen molar-refractivity contribution in [3.8, 4) is 0 Å². The second-order valence-electron chi connectivity index (χ2n) is 5.84. The molecule has 120 valence electrons. The van der Waals surface area contributed by atoms with Gasteiger partial charge < -0.3 is 10.6 Å². The third kappa shape index (κ3) is 3.94. The molecule has 1 aromatic carbocycles. The van der Waals surface area contributed by atoms with Crippen LogP contribution in [-0.2, 0) is 20.4 Å². The molecule has 0 aromatic heterocycles. The fourth-order valence-corrected chi connectivity index (χ4v) is 3.98. The molecule has 2 unspecified atom stereocenters. The van der Waals surface area contributed by atoms with Crippen LogP contribution in [0.25, 0.3) is 0 Å². The van der Waals surface area contributed by atoms with Gasteiger partial charge in [-0.05, 0) is 43.9 Å². The maximum absolute atomic E-state index is 12.5. The van der Waals surface area contributed by atoms with Gasteiger partial charge in [-0.2, -0.15) is 0 Å². The minimum atomic E-state index is -1.37. The summed E-state index contributed by atoms with van der Waals surface area (Å²) in [5, 5.41) is 0. The molecule has 0 spiro atoms. The van der Waals surface area contributed by atoms with Crippen molar-refractivity contribution in [3.63, 3.8) is 0 Å². The molecule has 0 radical (unpaired) electrons. The van der Waals surface area contributed by atoms with Crippen LogP contribution in [0.2, 0.25) is 0 Å². The van der Waals surface area contributed by atoms with Gasteiger partial charge in [0.25, 0.3) is 0 Å². The molecular formula is C16H22N2O3S. The van der Waals surface area contributed by atoms with Gasteiger partial charge in [0.05, 0.1) is 16.7 Å². The summed E-state index contributed by atoms with van der Waals surface area (Å²) in [4.78, 5) is 25.9. The molecule has 2 N–H and O–H groups in total. The third-order valence-corrected chi connectivity index (χ3v) is 5.46. The number of amides is 2. The Balaban J connectivity index is 2.03. The monoisotopic (exact) mass is 322 g/mol. The number of hydrogen-bond acceptors (Lipinski definition) is 3. The Labute approximate surface area is 133 Å². The quantitative estimate of drug-likeness (QED) is 0.902. The average molecular weight is 322 g/mol. The van der Waals surface area contributed by atoms with E-state index in [1.807, 2.05) is 32.0 Å². The fraction of sp³-hybridized carbons (Fsp3) is 0.500. The van der Waals surface area contributed by atoms with Crippen molar-refractivity contribution in [2.75, 3.05) is 18.8 Å². The molecular weight excluding hydrogens is 300 g/mol. The Morgan fingerprint density at radius 1 is 1.36 bits per heavy atom. The number of hydrogen-bond donors (Lipinski definition) is 1. The first kappa shape index (κ1) is 16.7. The Morgan fingerprint density at radius 3 is 2.77 bits per heavy atom. The number of benzene rings is 1. The zero-order valence-electron chi connectivity index (χ0n) is 13.0. The largest absolute Gasteiger partial charge is 0.369 e. The summed E-state index contributed by atoms with van der Waals surface area (Å²) >= 11 is 0. The highest BCUT2D eigenvalue weighted by atomic mass is 32.2. The number of rotatable bonds is 4. The minimum Gasteiger partial charge on any atom is -0.369 e. The topological polar surface area (TPSA) is 80.5 Å². The predicted octanol–water partition coefficient (Wildman–Crippen LogP) is 1.13. The van der Waals surface area contributed by atoms with Gasteiger partial charge in [0.2, 0.25) is 11.8 Å². The summed E-state index contributed by atoms with van der Waals surface area (Å²) in [5.41, 5.74) is 7.26. The van der Waals surface area contributed by atoms with Gasteiger partial charge in [0.1, 0.15) is 5.75 Å². The summed E-state index contributed by atoms with van der Waals surface area (Å²) in [5.74, 6) is -0.874. The van der Waals surface area contributed by atoms with Crippen LogP contribution in [0.1, 0.15) is 24.0 Å². The lowest BCUT2D eigenvalue weighted by Crippen LogP contribution is -2.45. The van der Waals surface area contributed by atoms with E-state index in [1.165, 1.54) is 0 Å². The Hall–Kier alpha value is -1.69. The van der Waals surface area contributed by atoms with Gasteiger partial charge in [-0.3, -0.25) is 13.8 Å².